The maximum Gasteiger partial charge on any atom is 0.303 e. The van der Waals surface area contributed by atoms with Crippen molar-refractivity contribution in [2.75, 3.05) is 12.3 Å². The number of imidazole rings is 1. The summed E-state index contributed by atoms with van der Waals surface area (Å²) in [5, 5.41) is 9.26. The van der Waals surface area contributed by atoms with Crippen molar-refractivity contribution < 1.29 is 33.3 Å². The minimum atomic E-state index is -1.10. The van der Waals surface area contributed by atoms with Crippen LogP contribution < -0.4 is 5.73 Å². The number of nitrogens with two attached hydrogens (primary N) is 1. The van der Waals surface area contributed by atoms with Crippen LogP contribution in [0.4, 0.5) is 5.82 Å². The van der Waals surface area contributed by atoms with Gasteiger partial charge in [0.05, 0.1) is 0 Å². The number of carbonyl (C=O) groups excluding carboxylic acids is 3. The Balaban J connectivity index is 2.41. The van der Waals surface area contributed by atoms with Gasteiger partial charge in [-0.3, -0.25) is 19.0 Å². The van der Waals surface area contributed by atoms with E-state index in [0.717, 1.165) is 0 Å². The van der Waals surface area contributed by atoms with E-state index >= 15 is 0 Å². The van der Waals surface area contributed by atoms with Gasteiger partial charge in [0.2, 0.25) is 0 Å². The van der Waals surface area contributed by atoms with Gasteiger partial charge < -0.3 is 24.7 Å². The molecular weight excluding hydrogens is 348 g/mol. The van der Waals surface area contributed by atoms with E-state index < -0.39 is 42.4 Å². The zero-order valence-electron chi connectivity index (χ0n) is 14.4. The average molecular weight is 366 g/mol. The quantitative estimate of drug-likeness (QED) is 0.540. The SMILES string of the molecule is CC(=O)OC[C@H]1O[C@@H](n2cnc(N)c2C#N)[C@H](OC(C)=O)[C@@H]1OC(C)=O. The topological polar surface area (TPSA) is 156 Å². The average Bonchev–Trinajstić information content (AvgIpc) is 3.05. The van der Waals surface area contributed by atoms with E-state index in [1.54, 1.807) is 0 Å². The largest absolute Gasteiger partial charge is 0.463 e. The molecule has 26 heavy (non-hydrogen) atoms. The molecule has 1 saturated heterocycles. The van der Waals surface area contributed by atoms with E-state index in [1.165, 1.54) is 31.7 Å². The number of nitrogen functional groups attached to an aromatic ring is 1. The molecule has 1 aromatic rings. The van der Waals surface area contributed by atoms with Crippen molar-refractivity contribution in [2.45, 2.75) is 45.3 Å². The number of rotatable bonds is 5. The predicted octanol–water partition coefficient (Wildman–Crippen LogP) is -0.339. The summed E-state index contributed by atoms with van der Waals surface area (Å²) in [6, 6.07) is 1.88. The van der Waals surface area contributed by atoms with Crippen LogP contribution in [0.5, 0.6) is 0 Å². The fourth-order valence-electron chi connectivity index (χ4n) is 2.60. The van der Waals surface area contributed by atoms with E-state index in [2.05, 4.69) is 4.98 Å². The van der Waals surface area contributed by atoms with E-state index in [0.29, 0.717) is 0 Å². The lowest BCUT2D eigenvalue weighted by Gasteiger charge is -2.23. The molecule has 2 heterocycles. The molecule has 0 spiro atoms. The summed E-state index contributed by atoms with van der Waals surface area (Å²) in [5.41, 5.74) is 5.63. The Labute approximate surface area is 148 Å². The van der Waals surface area contributed by atoms with Gasteiger partial charge in [0.1, 0.15) is 25.1 Å². The minimum Gasteiger partial charge on any atom is -0.463 e. The van der Waals surface area contributed by atoms with Gasteiger partial charge in [-0.05, 0) is 0 Å². The highest BCUT2D eigenvalue weighted by molar-refractivity contribution is 5.68. The maximum absolute atomic E-state index is 11.5. The first kappa shape index (κ1) is 19.2. The van der Waals surface area contributed by atoms with Gasteiger partial charge in [0.15, 0.2) is 29.9 Å². The lowest BCUT2D eigenvalue weighted by molar-refractivity contribution is -0.166. The minimum absolute atomic E-state index is 0.0122. The van der Waals surface area contributed by atoms with Gasteiger partial charge >= 0.3 is 17.9 Å². The number of nitrogens with zero attached hydrogens (tertiary/aromatic N) is 3. The van der Waals surface area contributed by atoms with E-state index in [9.17, 15) is 19.6 Å². The van der Waals surface area contributed by atoms with Crippen LogP contribution in [0, 0.1) is 11.3 Å². The molecule has 1 fully saturated rings. The van der Waals surface area contributed by atoms with Crippen molar-refractivity contribution in [3.05, 3.63) is 12.0 Å². The van der Waals surface area contributed by atoms with E-state index in [1.807, 2.05) is 6.07 Å². The normalized spacial score (nSPS) is 24.5. The van der Waals surface area contributed by atoms with Crippen LogP contribution in [-0.4, -0.2) is 52.4 Å². The zero-order chi connectivity index (χ0) is 19.4. The van der Waals surface area contributed by atoms with Crippen molar-refractivity contribution in [1.82, 2.24) is 9.55 Å². The Hall–Kier alpha value is -3.13. The monoisotopic (exact) mass is 366 g/mol. The van der Waals surface area contributed by atoms with Gasteiger partial charge in [0, 0.05) is 20.8 Å². The Morgan fingerprint density at radius 1 is 1.23 bits per heavy atom. The summed E-state index contributed by atoms with van der Waals surface area (Å²) in [5.74, 6) is -1.90. The molecule has 2 rings (SSSR count). The first-order valence-electron chi connectivity index (χ1n) is 7.60. The number of nitriles is 1. The lowest BCUT2D eigenvalue weighted by atomic mass is 10.1. The Morgan fingerprint density at radius 3 is 2.38 bits per heavy atom. The first-order valence-corrected chi connectivity index (χ1v) is 7.60. The first-order chi connectivity index (χ1) is 12.2. The molecule has 0 saturated carbocycles. The number of anilines is 1. The lowest BCUT2D eigenvalue weighted by Crippen LogP contribution is -2.40. The van der Waals surface area contributed by atoms with E-state index in [-0.39, 0.29) is 18.1 Å². The molecule has 2 N–H and O–H groups in total. The third-order valence-corrected chi connectivity index (χ3v) is 3.54. The molecule has 0 aliphatic carbocycles. The number of carbonyl (C=O) groups is 3. The highest BCUT2D eigenvalue weighted by atomic mass is 16.7. The molecule has 0 radical (unpaired) electrons. The molecule has 140 valence electrons. The van der Waals surface area contributed by atoms with Gasteiger partial charge in [-0.25, -0.2) is 4.98 Å². The molecular formula is C15H18N4O7. The smallest absolute Gasteiger partial charge is 0.303 e. The standard InChI is InChI=1S/C15H18N4O7/c1-7(20)23-5-11-12(24-8(2)21)13(25-9(3)22)15(26-11)19-6-18-14(17)10(19)4-16/h6,11-13,15H,5,17H2,1-3H3/t11-,12-,13-,15-/m1/s1. The summed E-state index contributed by atoms with van der Waals surface area (Å²) in [4.78, 5) is 37.9. The van der Waals surface area contributed by atoms with Crippen LogP contribution >= 0.6 is 0 Å². The van der Waals surface area contributed by atoms with Gasteiger partial charge in [-0.1, -0.05) is 0 Å². The molecule has 11 heteroatoms. The molecule has 0 amide bonds. The summed E-state index contributed by atoms with van der Waals surface area (Å²) < 4.78 is 22.4. The highest BCUT2D eigenvalue weighted by Gasteiger charge is 2.51. The number of esters is 3. The zero-order valence-corrected chi connectivity index (χ0v) is 14.4. The number of ether oxygens (including phenoxy) is 4. The maximum atomic E-state index is 11.5. The second-order valence-electron chi connectivity index (χ2n) is 5.51. The summed E-state index contributed by atoms with van der Waals surface area (Å²) in [7, 11) is 0. The van der Waals surface area contributed by atoms with Gasteiger partial charge in [-0.2, -0.15) is 5.26 Å². The second kappa shape index (κ2) is 7.83. The molecule has 0 bridgehead atoms. The number of hydrogen-bond acceptors (Lipinski definition) is 10. The summed E-state index contributed by atoms with van der Waals surface area (Å²) >= 11 is 0. The Morgan fingerprint density at radius 2 is 1.85 bits per heavy atom. The van der Waals surface area contributed by atoms with Crippen LogP contribution in [0.3, 0.4) is 0 Å². The molecule has 0 aromatic carbocycles. The molecule has 1 aliphatic rings. The Bertz CT molecular complexity index is 754. The molecule has 11 nitrogen and oxygen atoms in total. The summed E-state index contributed by atoms with van der Waals surface area (Å²) in [6.07, 6.45) is -2.89. The van der Waals surface area contributed by atoms with Crippen LogP contribution in [0.15, 0.2) is 6.33 Å². The van der Waals surface area contributed by atoms with Crippen molar-refractivity contribution in [1.29, 1.82) is 5.26 Å². The van der Waals surface area contributed by atoms with Crippen LogP contribution in [0.25, 0.3) is 0 Å². The van der Waals surface area contributed by atoms with Crippen molar-refractivity contribution in [3.8, 4) is 6.07 Å². The van der Waals surface area contributed by atoms with Crippen molar-refractivity contribution in [2.24, 2.45) is 0 Å². The fourth-order valence-corrected chi connectivity index (χ4v) is 2.60. The van der Waals surface area contributed by atoms with Gasteiger partial charge in [0.25, 0.3) is 0 Å². The van der Waals surface area contributed by atoms with Crippen LogP contribution in [0.1, 0.15) is 32.7 Å². The fraction of sp³-hybridized carbons (Fsp3) is 0.533. The van der Waals surface area contributed by atoms with E-state index in [4.69, 9.17) is 24.7 Å². The molecule has 1 aromatic heterocycles. The number of hydrogen-bond donors (Lipinski definition) is 1. The number of aromatic nitrogens is 2. The predicted molar refractivity (Wildman–Crippen MR) is 83.0 cm³/mol. The van der Waals surface area contributed by atoms with Crippen LogP contribution in [0.2, 0.25) is 0 Å². The Kier molecular flexibility index (Phi) is 5.78. The second-order valence-corrected chi connectivity index (χ2v) is 5.51. The molecule has 1 aliphatic heterocycles. The highest BCUT2D eigenvalue weighted by Crippen LogP contribution is 2.35. The van der Waals surface area contributed by atoms with Crippen molar-refractivity contribution >= 4 is 23.7 Å². The third kappa shape index (κ3) is 4.09. The third-order valence-electron chi connectivity index (χ3n) is 3.54. The van der Waals surface area contributed by atoms with Crippen LogP contribution in [-0.2, 0) is 33.3 Å². The summed E-state index contributed by atoms with van der Waals surface area (Å²) in [6.45, 7) is 3.32. The van der Waals surface area contributed by atoms with Crippen molar-refractivity contribution in [3.63, 3.8) is 0 Å². The molecule has 0 unspecified atom stereocenters. The molecule has 4 atom stereocenters. The van der Waals surface area contributed by atoms with Gasteiger partial charge in [-0.15, -0.1) is 0 Å².